The second-order valence-electron chi connectivity index (χ2n) is 8.02. The van der Waals surface area contributed by atoms with E-state index in [2.05, 4.69) is 18.0 Å². The molecule has 0 aliphatic carbocycles. The first-order valence-corrected chi connectivity index (χ1v) is 10.5. The van der Waals surface area contributed by atoms with Crippen molar-refractivity contribution in [3.63, 3.8) is 0 Å². The highest BCUT2D eigenvalue weighted by Crippen LogP contribution is 2.41. The topological polar surface area (TPSA) is 83.2 Å². The zero-order chi connectivity index (χ0) is 20.8. The van der Waals surface area contributed by atoms with Crippen LogP contribution in [0.2, 0.25) is 0 Å². The number of unbranched alkanes of at least 4 members (excludes halogenated alkanes) is 2. The number of nitrogens with one attached hydrogen (secondary N) is 1. The number of rotatable bonds is 5. The number of aromatic hydroxyl groups is 2. The summed E-state index contributed by atoms with van der Waals surface area (Å²) in [7, 11) is 0. The van der Waals surface area contributed by atoms with Crippen molar-refractivity contribution in [2.24, 2.45) is 0 Å². The van der Waals surface area contributed by atoms with Gasteiger partial charge in [-0.15, -0.1) is 0 Å². The van der Waals surface area contributed by atoms with Crippen molar-refractivity contribution in [2.45, 2.75) is 45.2 Å². The monoisotopic (exact) mass is 403 g/mol. The maximum Gasteiger partial charge on any atom is 0.332 e. The molecule has 0 bridgehead atoms. The van der Waals surface area contributed by atoms with Crippen LogP contribution < -0.4 is 5.69 Å². The van der Waals surface area contributed by atoms with Crippen molar-refractivity contribution in [1.29, 1.82) is 0 Å². The number of para-hydroxylation sites is 1. The molecule has 2 aromatic heterocycles. The Balaban J connectivity index is 1.75. The van der Waals surface area contributed by atoms with Crippen molar-refractivity contribution in [1.82, 2.24) is 14.1 Å². The number of benzene rings is 2. The highest BCUT2D eigenvalue weighted by Gasteiger charge is 2.35. The number of hydrogen-bond acceptors (Lipinski definition) is 3. The molecule has 1 aliphatic rings. The second-order valence-corrected chi connectivity index (χ2v) is 8.02. The molecule has 0 saturated carbocycles. The third kappa shape index (κ3) is 2.75. The van der Waals surface area contributed by atoms with Crippen LogP contribution >= 0.6 is 0 Å². The average Bonchev–Trinajstić information content (AvgIpc) is 3.23. The highest BCUT2D eigenvalue weighted by atomic mass is 16.3. The van der Waals surface area contributed by atoms with Crippen molar-refractivity contribution in [2.75, 3.05) is 0 Å². The molecule has 3 heterocycles. The Hall–Kier alpha value is -3.41. The predicted octanol–water partition coefficient (Wildman–Crippen LogP) is 4.27. The zero-order valence-electron chi connectivity index (χ0n) is 16.9. The summed E-state index contributed by atoms with van der Waals surface area (Å²) in [5.41, 5.74) is 4.23. The van der Waals surface area contributed by atoms with Gasteiger partial charge in [0.2, 0.25) is 5.88 Å². The van der Waals surface area contributed by atoms with Gasteiger partial charge in [-0.1, -0.05) is 50.1 Å². The van der Waals surface area contributed by atoms with E-state index in [0.29, 0.717) is 18.7 Å². The van der Waals surface area contributed by atoms with Gasteiger partial charge in [0.15, 0.2) is 0 Å². The lowest BCUT2D eigenvalue weighted by Crippen LogP contribution is -2.32. The van der Waals surface area contributed by atoms with Crippen molar-refractivity contribution >= 4 is 10.9 Å². The Bertz CT molecular complexity index is 1300. The van der Waals surface area contributed by atoms with Gasteiger partial charge in [-0.05, 0) is 35.7 Å². The molecule has 30 heavy (non-hydrogen) atoms. The Morgan fingerprint density at radius 2 is 1.93 bits per heavy atom. The summed E-state index contributed by atoms with van der Waals surface area (Å²) < 4.78 is 3.18. The first-order valence-electron chi connectivity index (χ1n) is 10.5. The first-order chi connectivity index (χ1) is 14.6. The van der Waals surface area contributed by atoms with Crippen LogP contribution in [0.15, 0.2) is 53.3 Å². The predicted molar refractivity (Wildman–Crippen MR) is 116 cm³/mol. The minimum absolute atomic E-state index is 0.0530. The second kappa shape index (κ2) is 7.13. The molecule has 4 aromatic rings. The fourth-order valence-electron chi connectivity index (χ4n) is 4.70. The molecule has 1 unspecified atom stereocenters. The number of fused-ring (bicyclic) bond motifs is 4. The fraction of sp³-hybridized carbons (Fsp3) is 0.292. The lowest BCUT2D eigenvalue weighted by atomic mass is 9.93. The molecule has 1 atom stereocenters. The number of phenolic OH excluding ortho intramolecular Hbond substituents is 1. The summed E-state index contributed by atoms with van der Waals surface area (Å²) in [4.78, 5) is 16.9. The maximum atomic E-state index is 13.4. The highest BCUT2D eigenvalue weighted by molar-refractivity contribution is 5.86. The molecule has 0 spiro atoms. The van der Waals surface area contributed by atoms with E-state index in [-0.39, 0.29) is 17.3 Å². The SMILES string of the molecule is CCCCCn1c(O)c2n(c1=O)C(c1cccc(O)c1)c1[nH]c3ccccc3c1C2. The van der Waals surface area contributed by atoms with Crippen LogP contribution in [-0.4, -0.2) is 24.3 Å². The molecule has 0 amide bonds. The quantitative estimate of drug-likeness (QED) is 0.383. The van der Waals surface area contributed by atoms with Gasteiger partial charge in [-0.25, -0.2) is 4.79 Å². The molecule has 6 heteroatoms. The van der Waals surface area contributed by atoms with E-state index in [1.54, 1.807) is 22.8 Å². The molecule has 5 rings (SSSR count). The smallest absolute Gasteiger partial charge is 0.332 e. The van der Waals surface area contributed by atoms with Crippen molar-refractivity contribution in [3.8, 4) is 11.6 Å². The van der Waals surface area contributed by atoms with Crippen LogP contribution in [0.25, 0.3) is 10.9 Å². The number of phenols is 1. The van der Waals surface area contributed by atoms with Crippen LogP contribution in [0.4, 0.5) is 0 Å². The molecule has 1 aliphatic heterocycles. The molecular formula is C24H25N3O3. The lowest BCUT2D eigenvalue weighted by molar-refractivity contribution is 0.402. The van der Waals surface area contributed by atoms with Crippen LogP contribution in [0, 0.1) is 0 Å². The molecule has 0 radical (unpaired) electrons. The van der Waals surface area contributed by atoms with Crippen molar-refractivity contribution in [3.05, 3.63) is 81.5 Å². The maximum absolute atomic E-state index is 13.4. The average molecular weight is 403 g/mol. The summed E-state index contributed by atoms with van der Waals surface area (Å²) in [6, 6.07) is 14.6. The Morgan fingerprint density at radius 1 is 1.10 bits per heavy atom. The normalized spacial score (nSPS) is 15.3. The van der Waals surface area contributed by atoms with E-state index >= 15 is 0 Å². The largest absolute Gasteiger partial charge is 0.508 e. The molecule has 0 fully saturated rings. The molecule has 2 aromatic carbocycles. The third-order valence-electron chi connectivity index (χ3n) is 6.14. The standard InChI is InChI=1S/C24H25N3O3/c1-2-3-6-12-26-23(29)20-14-18-17-10-4-5-11-19(17)25-21(18)22(27(20)24(26)30)15-8-7-9-16(28)13-15/h4-5,7-11,13,22,25,28-29H,2-3,6,12,14H2,1H3. The zero-order valence-corrected chi connectivity index (χ0v) is 16.9. The molecule has 0 saturated heterocycles. The van der Waals surface area contributed by atoms with Gasteiger partial charge in [0.1, 0.15) is 11.8 Å². The number of aromatic amines is 1. The van der Waals surface area contributed by atoms with Crippen LogP contribution in [0.3, 0.4) is 0 Å². The molecule has 154 valence electrons. The van der Waals surface area contributed by atoms with Crippen LogP contribution in [-0.2, 0) is 13.0 Å². The number of hydrogen-bond donors (Lipinski definition) is 3. The van der Waals surface area contributed by atoms with Gasteiger partial charge in [0, 0.05) is 29.6 Å². The first kappa shape index (κ1) is 18.6. The van der Waals surface area contributed by atoms with Crippen molar-refractivity contribution < 1.29 is 10.2 Å². The Morgan fingerprint density at radius 3 is 2.73 bits per heavy atom. The molecular weight excluding hydrogens is 378 g/mol. The minimum atomic E-state index is -0.436. The van der Waals surface area contributed by atoms with E-state index < -0.39 is 6.04 Å². The Labute approximate surface area is 174 Å². The van der Waals surface area contributed by atoms with Gasteiger partial charge in [0.25, 0.3) is 0 Å². The summed E-state index contributed by atoms with van der Waals surface area (Å²) in [5.74, 6) is 0.203. The van der Waals surface area contributed by atoms with E-state index in [0.717, 1.165) is 47.0 Å². The number of aromatic nitrogens is 3. The van der Waals surface area contributed by atoms with Gasteiger partial charge >= 0.3 is 5.69 Å². The summed E-state index contributed by atoms with van der Waals surface area (Å²) >= 11 is 0. The van der Waals surface area contributed by atoms with E-state index in [9.17, 15) is 15.0 Å². The van der Waals surface area contributed by atoms with Crippen LogP contribution in [0.5, 0.6) is 11.6 Å². The molecule has 3 N–H and O–H groups in total. The summed E-state index contributed by atoms with van der Waals surface area (Å²) in [5, 5.41) is 22.2. The number of H-pyrrole nitrogens is 1. The third-order valence-corrected chi connectivity index (χ3v) is 6.14. The van der Waals surface area contributed by atoms with Crippen LogP contribution in [0.1, 0.15) is 54.7 Å². The minimum Gasteiger partial charge on any atom is -0.508 e. The van der Waals surface area contributed by atoms with Gasteiger partial charge in [-0.3, -0.25) is 9.13 Å². The van der Waals surface area contributed by atoms with E-state index in [4.69, 9.17) is 0 Å². The van der Waals surface area contributed by atoms with E-state index in [1.807, 2.05) is 24.3 Å². The summed E-state index contributed by atoms with van der Waals surface area (Å²) in [6.45, 7) is 2.61. The van der Waals surface area contributed by atoms with Gasteiger partial charge in [-0.2, -0.15) is 0 Å². The molecule has 6 nitrogen and oxygen atoms in total. The number of nitrogens with zero attached hydrogens (tertiary/aromatic N) is 2. The number of imidazole rings is 1. The summed E-state index contributed by atoms with van der Waals surface area (Å²) in [6.07, 6.45) is 3.38. The lowest BCUT2D eigenvalue weighted by Gasteiger charge is -2.26. The fourth-order valence-corrected chi connectivity index (χ4v) is 4.70. The van der Waals surface area contributed by atoms with E-state index in [1.165, 1.54) is 4.57 Å². The van der Waals surface area contributed by atoms with Gasteiger partial charge < -0.3 is 15.2 Å². The van der Waals surface area contributed by atoms with Gasteiger partial charge in [0.05, 0.1) is 5.69 Å². The Kier molecular flexibility index (Phi) is 4.42.